The van der Waals surface area contributed by atoms with Crippen molar-refractivity contribution in [1.82, 2.24) is 4.98 Å². The molecule has 0 bridgehead atoms. The number of hydrogen-bond donors (Lipinski definition) is 0. The van der Waals surface area contributed by atoms with Crippen LogP contribution in [-0.4, -0.2) is 29.2 Å². The van der Waals surface area contributed by atoms with E-state index in [0.717, 1.165) is 40.0 Å². The Labute approximate surface area is 204 Å². The molecule has 1 aliphatic rings. The van der Waals surface area contributed by atoms with Crippen molar-refractivity contribution in [2.45, 2.75) is 72.8 Å². The largest absolute Gasteiger partial charge is 0.474 e. The van der Waals surface area contributed by atoms with E-state index in [1.165, 1.54) is 11.1 Å². The first kappa shape index (κ1) is 24.1. The fraction of sp³-hybridized carbons (Fsp3) is 0.433. The lowest BCUT2D eigenvalue weighted by molar-refractivity contribution is 0.282. The second-order valence-corrected chi connectivity index (χ2v) is 10.1. The molecule has 1 aliphatic heterocycles. The van der Waals surface area contributed by atoms with Gasteiger partial charge in [-0.1, -0.05) is 90.4 Å². The summed E-state index contributed by atoms with van der Waals surface area (Å²) in [6, 6.07) is 17.2. The Morgan fingerprint density at radius 3 is 2.29 bits per heavy atom. The number of benzene rings is 2. The number of rotatable bonds is 7. The summed E-state index contributed by atoms with van der Waals surface area (Å²) < 4.78 is 5.96. The SMILES string of the molecule is CC[C@H](C)[C@@H]1COC(c2ccc3cccc(C(C)=Nc4c(C(C)C)cccc4C(C)C)c3n2)=N1. The Balaban J connectivity index is 1.80. The third-order valence-electron chi connectivity index (χ3n) is 6.93. The third kappa shape index (κ3) is 4.77. The monoisotopic (exact) mass is 455 g/mol. The van der Waals surface area contributed by atoms with Gasteiger partial charge in [0.2, 0.25) is 5.90 Å². The summed E-state index contributed by atoms with van der Waals surface area (Å²) in [6.45, 7) is 16.1. The van der Waals surface area contributed by atoms with Gasteiger partial charge in [-0.05, 0) is 41.9 Å². The molecule has 2 atom stereocenters. The highest BCUT2D eigenvalue weighted by atomic mass is 16.5. The van der Waals surface area contributed by atoms with Gasteiger partial charge < -0.3 is 4.74 Å². The summed E-state index contributed by atoms with van der Waals surface area (Å²) in [5.41, 5.74) is 7.41. The molecule has 0 unspecified atom stereocenters. The molecule has 0 spiro atoms. The van der Waals surface area contributed by atoms with Gasteiger partial charge in [-0.25, -0.2) is 9.98 Å². The quantitative estimate of drug-likeness (QED) is 0.341. The van der Waals surface area contributed by atoms with Crippen molar-refractivity contribution < 1.29 is 4.74 Å². The summed E-state index contributed by atoms with van der Waals surface area (Å²) in [7, 11) is 0. The predicted molar refractivity (Wildman–Crippen MR) is 144 cm³/mol. The average molecular weight is 456 g/mol. The summed E-state index contributed by atoms with van der Waals surface area (Å²) in [4.78, 5) is 15.1. The van der Waals surface area contributed by atoms with E-state index in [-0.39, 0.29) is 6.04 Å². The minimum absolute atomic E-state index is 0.207. The van der Waals surface area contributed by atoms with Crippen LogP contribution < -0.4 is 0 Å². The summed E-state index contributed by atoms with van der Waals surface area (Å²) >= 11 is 0. The van der Waals surface area contributed by atoms with Gasteiger partial charge in [0.05, 0.1) is 17.2 Å². The zero-order chi connectivity index (χ0) is 24.4. The first-order chi connectivity index (χ1) is 16.3. The van der Waals surface area contributed by atoms with Crippen LogP contribution in [0.25, 0.3) is 10.9 Å². The zero-order valence-electron chi connectivity index (χ0n) is 21.6. The number of aromatic nitrogens is 1. The van der Waals surface area contributed by atoms with E-state index >= 15 is 0 Å². The summed E-state index contributed by atoms with van der Waals surface area (Å²) in [5, 5.41) is 1.09. The van der Waals surface area contributed by atoms with Crippen molar-refractivity contribution in [2.24, 2.45) is 15.9 Å². The van der Waals surface area contributed by atoms with Gasteiger partial charge in [0, 0.05) is 16.7 Å². The molecule has 0 saturated heterocycles. The Bertz CT molecular complexity index is 1210. The molecule has 34 heavy (non-hydrogen) atoms. The number of ether oxygens (including phenoxy) is 1. The van der Waals surface area contributed by atoms with Crippen LogP contribution in [0.1, 0.15) is 89.1 Å². The first-order valence-electron chi connectivity index (χ1n) is 12.6. The minimum Gasteiger partial charge on any atom is -0.474 e. The number of hydrogen-bond acceptors (Lipinski definition) is 4. The van der Waals surface area contributed by atoms with E-state index in [1.807, 2.05) is 6.07 Å². The highest BCUT2D eigenvalue weighted by Gasteiger charge is 2.25. The molecule has 0 fully saturated rings. The molecule has 0 radical (unpaired) electrons. The standard InChI is InChI=1S/C30H37N3O/c1-8-20(6)27-17-34-30(33-27)26-16-15-22-11-9-14-25(28(22)32-26)21(7)31-29-23(18(2)3)12-10-13-24(29)19(4)5/h9-16,18-20,27H,8,17H2,1-7H3/t20-,27-/m0/s1. The second kappa shape index (κ2) is 10.1. The summed E-state index contributed by atoms with van der Waals surface area (Å²) in [5.74, 6) is 1.96. The normalized spacial score (nSPS) is 17.4. The maximum atomic E-state index is 5.96. The van der Waals surface area contributed by atoms with Gasteiger partial charge in [0.1, 0.15) is 12.3 Å². The zero-order valence-corrected chi connectivity index (χ0v) is 21.6. The van der Waals surface area contributed by atoms with Crippen LogP contribution in [0.15, 0.2) is 58.5 Å². The Kier molecular flexibility index (Phi) is 7.16. The van der Waals surface area contributed by atoms with Crippen LogP contribution in [0.2, 0.25) is 0 Å². The fourth-order valence-electron chi connectivity index (χ4n) is 4.52. The molecule has 2 aromatic carbocycles. The molecule has 2 heterocycles. The molecule has 4 rings (SSSR count). The van der Waals surface area contributed by atoms with Crippen molar-refractivity contribution in [2.75, 3.05) is 6.61 Å². The van der Waals surface area contributed by atoms with Crippen LogP contribution in [0.5, 0.6) is 0 Å². The smallest absolute Gasteiger partial charge is 0.235 e. The molecular formula is C30H37N3O. The van der Waals surface area contributed by atoms with Crippen LogP contribution in [-0.2, 0) is 4.74 Å². The second-order valence-electron chi connectivity index (χ2n) is 10.1. The molecule has 4 nitrogen and oxygen atoms in total. The van der Waals surface area contributed by atoms with E-state index < -0.39 is 0 Å². The molecule has 1 aromatic heterocycles. The highest BCUT2D eigenvalue weighted by Crippen LogP contribution is 2.35. The molecule has 4 heteroatoms. The van der Waals surface area contributed by atoms with Crippen LogP contribution in [0.4, 0.5) is 5.69 Å². The first-order valence-corrected chi connectivity index (χ1v) is 12.6. The molecule has 0 N–H and O–H groups in total. The van der Waals surface area contributed by atoms with E-state index in [1.54, 1.807) is 0 Å². The van der Waals surface area contributed by atoms with E-state index in [2.05, 4.69) is 90.9 Å². The lowest BCUT2D eigenvalue weighted by Gasteiger charge is -2.17. The van der Waals surface area contributed by atoms with Crippen LogP contribution in [0, 0.1) is 5.92 Å². The van der Waals surface area contributed by atoms with Gasteiger partial charge in [0.25, 0.3) is 0 Å². The number of pyridine rings is 1. The number of para-hydroxylation sites is 2. The number of fused-ring (bicyclic) bond motifs is 1. The Morgan fingerprint density at radius 1 is 0.971 bits per heavy atom. The number of nitrogens with zero attached hydrogens (tertiary/aromatic N) is 3. The van der Waals surface area contributed by atoms with E-state index in [0.29, 0.717) is 30.3 Å². The topological polar surface area (TPSA) is 46.8 Å². The van der Waals surface area contributed by atoms with Crippen molar-refractivity contribution >= 4 is 28.2 Å². The summed E-state index contributed by atoms with van der Waals surface area (Å²) in [6.07, 6.45) is 1.09. The Hall–Kier alpha value is -3.01. The molecule has 3 aromatic rings. The fourth-order valence-corrected chi connectivity index (χ4v) is 4.52. The molecule has 0 amide bonds. The highest BCUT2D eigenvalue weighted by molar-refractivity contribution is 6.10. The molecule has 0 aliphatic carbocycles. The lowest BCUT2D eigenvalue weighted by Crippen LogP contribution is -2.16. The lowest BCUT2D eigenvalue weighted by atomic mass is 9.92. The van der Waals surface area contributed by atoms with Gasteiger partial charge >= 0.3 is 0 Å². The molecule has 0 saturated carbocycles. The maximum Gasteiger partial charge on any atom is 0.235 e. The third-order valence-corrected chi connectivity index (χ3v) is 6.93. The van der Waals surface area contributed by atoms with Gasteiger partial charge in [-0.2, -0.15) is 0 Å². The number of aliphatic imine (C=N–C) groups is 2. The van der Waals surface area contributed by atoms with Crippen molar-refractivity contribution in [1.29, 1.82) is 0 Å². The van der Waals surface area contributed by atoms with Crippen molar-refractivity contribution in [3.05, 3.63) is 70.9 Å². The van der Waals surface area contributed by atoms with Crippen molar-refractivity contribution in [3.8, 4) is 0 Å². The van der Waals surface area contributed by atoms with Crippen molar-refractivity contribution in [3.63, 3.8) is 0 Å². The van der Waals surface area contributed by atoms with Gasteiger partial charge in [0.15, 0.2) is 0 Å². The van der Waals surface area contributed by atoms with Crippen LogP contribution in [0.3, 0.4) is 0 Å². The maximum absolute atomic E-state index is 5.96. The van der Waals surface area contributed by atoms with Crippen LogP contribution >= 0.6 is 0 Å². The average Bonchev–Trinajstić information content (AvgIpc) is 3.33. The van der Waals surface area contributed by atoms with E-state index in [4.69, 9.17) is 19.7 Å². The molecule has 178 valence electrons. The minimum atomic E-state index is 0.207. The van der Waals surface area contributed by atoms with E-state index in [9.17, 15) is 0 Å². The van der Waals surface area contributed by atoms with Gasteiger partial charge in [-0.15, -0.1) is 0 Å². The molecular weight excluding hydrogens is 418 g/mol. The Morgan fingerprint density at radius 2 is 1.65 bits per heavy atom. The predicted octanol–water partition coefficient (Wildman–Crippen LogP) is 7.81. The van der Waals surface area contributed by atoms with Gasteiger partial charge in [-0.3, -0.25) is 4.99 Å².